The number of carbonyl (C=O) groups is 1. The van der Waals surface area contributed by atoms with Crippen molar-refractivity contribution < 1.29 is 14.6 Å². The van der Waals surface area contributed by atoms with Gasteiger partial charge in [0.25, 0.3) is 0 Å². The van der Waals surface area contributed by atoms with Crippen molar-refractivity contribution in [3.8, 4) is 0 Å². The third kappa shape index (κ3) is 5.74. The fourth-order valence-electron chi connectivity index (χ4n) is 1.44. The van der Waals surface area contributed by atoms with Gasteiger partial charge < -0.3 is 9.84 Å². The maximum atomic E-state index is 11.5. The lowest BCUT2D eigenvalue weighted by molar-refractivity contribution is -0.149. The zero-order valence-electron chi connectivity index (χ0n) is 10.2. The number of esters is 1. The second-order valence-electron chi connectivity index (χ2n) is 3.79. The van der Waals surface area contributed by atoms with Crippen LogP contribution in [0.2, 0.25) is 0 Å². The first kappa shape index (κ1) is 14.4. The van der Waals surface area contributed by atoms with Crippen molar-refractivity contribution in [3.05, 3.63) is 0 Å². The van der Waals surface area contributed by atoms with E-state index in [2.05, 4.69) is 0 Å². The van der Waals surface area contributed by atoms with E-state index in [0.717, 1.165) is 6.42 Å². The van der Waals surface area contributed by atoms with Crippen LogP contribution in [0.5, 0.6) is 0 Å². The van der Waals surface area contributed by atoms with Gasteiger partial charge in [0.2, 0.25) is 0 Å². The lowest BCUT2D eigenvalue weighted by Gasteiger charge is -2.25. The second kappa shape index (κ2) is 7.65. The van der Waals surface area contributed by atoms with Crippen LogP contribution in [-0.4, -0.2) is 48.3 Å². The van der Waals surface area contributed by atoms with Gasteiger partial charge in [0.1, 0.15) is 6.04 Å². The number of hydrogen-bond acceptors (Lipinski definition) is 4. The molecule has 0 saturated heterocycles. The minimum absolute atomic E-state index is 0.173. The number of nitrogens with zero attached hydrogens (tertiary/aromatic N) is 1. The standard InChI is InChI=1S/C11H23NO3/c1-5-10(11(14)15-6-2)12(4)8-7-9(3)13/h9-10,13H,5-8H2,1-4H3. The molecule has 90 valence electrons. The molecule has 4 heteroatoms. The van der Waals surface area contributed by atoms with Gasteiger partial charge in [0.15, 0.2) is 0 Å². The van der Waals surface area contributed by atoms with E-state index in [-0.39, 0.29) is 18.1 Å². The number of rotatable bonds is 7. The van der Waals surface area contributed by atoms with Gasteiger partial charge in [-0.2, -0.15) is 0 Å². The van der Waals surface area contributed by atoms with E-state index in [4.69, 9.17) is 9.84 Å². The first-order valence-corrected chi connectivity index (χ1v) is 5.57. The zero-order chi connectivity index (χ0) is 11.8. The Bertz CT molecular complexity index is 183. The quantitative estimate of drug-likeness (QED) is 0.647. The Morgan fingerprint density at radius 3 is 2.47 bits per heavy atom. The van der Waals surface area contributed by atoms with Crippen LogP contribution >= 0.6 is 0 Å². The summed E-state index contributed by atoms with van der Waals surface area (Å²) in [5, 5.41) is 9.15. The summed E-state index contributed by atoms with van der Waals surface area (Å²) >= 11 is 0. The van der Waals surface area contributed by atoms with E-state index in [0.29, 0.717) is 19.6 Å². The Labute approximate surface area is 92.2 Å². The number of aliphatic hydroxyl groups excluding tert-OH is 1. The molecule has 0 aliphatic heterocycles. The zero-order valence-corrected chi connectivity index (χ0v) is 10.2. The summed E-state index contributed by atoms with van der Waals surface area (Å²) in [6, 6.07) is -0.191. The van der Waals surface area contributed by atoms with Crippen molar-refractivity contribution in [1.82, 2.24) is 4.90 Å². The highest BCUT2D eigenvalue weighted by atomic mass is 16.5. The van der Waals surface area contributed by atoms with E-state index < -0.39 is 0 Å². The van der Waals surface area contributed by atoms with Gasteiger partial charge in [0, 0.05) is 6.54 Å². The molecule has 0 spiro atoms. The maximum Gasteiger partial charge on any atom is 0.323 e. The fourth-order valence-corrected chi connectivity index (χ4v) is 1.44. The van der Waals surface area contributed by atoms with Crippen molar-refractivity contribution in [3.63, 3.8) is 0 Å². The topological polar surface area (TPSA) is 49.8 Å². The summed E-state index contributed by atoms with van der Waals surface area (Å²) in [4.78, 5) is 13.5. The third-order valence-electron chi connectivity index (χ3n) is 2.38. The Kier molecular flexibility index (Phi) is 7.34. The van der Waals surface area contributed by atoms with Gasteiger partial charge in [-0.3, -0.25) is 9.69 Å². The molecular weight excluding hydrogens is 194 g/mol. The van der Waals surface area contributed by atoms with Crippen LogP contribution in [0.4, 0.5) is 0 Å². The minimum Gasteiger partial charge on any atom is -0.465 e. The third-order valence-corrected chi connectivity index (χ3v) is 2.38. The monoisotopic (exact) mass is 217 g/mol. The molecule has 0 radical (unpaired) electrons. The van der Waals surface area contributed by atoms with Gasteiger partial charge in [0.05, 0.1) is 12.7 Å². The molecule has 0 amide bonds. The van der Waals surface area contributed by atoms with Crippen LogP contribution in [0.25, 0.3) is 0 Å². The molecule has 0 aromatic rings. The Morgan fingerprint density at radius 1 is 1.47 bits per heavy atom. The minimum atomic E-state index is -0.327. The second-order valence-corrected chi connectivity index (χ2v) is 3.79. The largest absolute Gasteiger partial charge is 0.465 e. The Balaban J connectivity index is 4.08. The van der Waals surface area contributed by atoms with Crippen LogP contribution < -0.4 is 0 Å². The molecule has 4 nitrogen and oxygen atoms in total. The normalized spacial score (nSPS) is 15.1. The number of likely N-dealkylation sites (N-methyl/N-ethyl adjacent to an activating group) is 1. The van der Waals surface area contributed by atoms with Crippen LogP contribution in [0, 0.1) is 0 Å². The molecule has 2 atom stereocenters. The lowest BCUT2D eigenvalue weighted by Crippen LogP contribution is -2.40. The van der Waals surface area contributed by atoms with E-state index in [1.54, 1.807) is 13.8 Å². The van der Waals surface area contributed by atoms with Crippen LogP contribution in [0.3, 0.4) is 0 Å². The highest BCUT2D eigenvalue weighted by molar-refractivity contribution is 5.75. The van der Waals surface area contributed by atoms with Crippen molar-refractivity contribution >= 4 is 5.97 Å². The first-order valence-electron chi connectivity index (χ1n) is 5.57. The number of hydrogen-bond donors (Lipinski definition) is 1. The molecule has 0 heterocycles. The van der Waals surface area contributed by atoms with Gasteiger partial charge in [-0.15, -0.1) is 0 Å². The molecule has 1 N–H and O–H groups in total. The molecule has 0 aromatic heterocycles. The SMILES string of the molecule is CCOC(=O)C(CC)N(C)CCC(C)O. The predicted molar refractivity (Wildman–Crippen MR) is 59.6 cm³/mol. The van der Waals surface area contributed by atoms with Crippen molar-refractivity contribution in [2.24, 2.45) is 0 Å². The van der Waals surface area contributed by atoms with Gasteiger partial charge >= 0.3 is 5.97 Å². The highest BCUT2D eigenvalue weighted by Gasteiger charge is 2.22. The molecule has 0 saturated carbocycles. The molecule has 0 bridgehead atoms. The summed E-state index contributed by atoms with van der Waals surface area (Å²) in [7, 11) is 1.88. The first-order chi connectivity index (χ1) is 7.02. The number of carbonyl (C=O) groups excluding carboxylic acids is 1. The van der Waals surface area contributed by atoms with Crippen LogP contribution in [-0.2, 0) is 9.53 Å². The molecule has 15 heavy (non-hydrogen) atoms. The van der Waals surface area contributed by atoms with Gasteiger partial charge in [-0.25, -0.2) is 0 Å². The number of aliphatic hydroxyl groups is 1. The summed E-state index contributed by atoms with van der Waals surface area (Å²) in [6.45, 7) is 6.63. The Morgan fingerprint density at radius 2 is 2.07 bits per heavy atom. The van der Waals surface area contributed by atoms with E-state index in [1.807, 2.05) is 18.9 Å². The van der Waals surface area contributed by atoms with Crippen molar-refractivity contribution in [1.29, 1.82) is 0 Å². The summed E-state index contributed by atoms with van der Waals surface area (Å²) < 4.78 is 4.98. The summed E-state index contributed by atoms with van der Waals surface area (Å²) in [6.07, 6.45) is 1.08. The lowest BCUT2D eigenvalue weighted by atomic mass is 10.2. The molecule has 0 aromatic carbocycles. The highest BCUT2D eigenvalue weighted by Crippen LogP contribution is 2.06. The molecule has 2 unspecified atom stereocenters. The predicted octanol–water partition coefficient (Wildman–Crippen LogP) is 1.03. The van der Waals surface area contributed by atoms with Gasteiger partial charge in [-0.05, 0) is 33.7 Å². The van der Waals surface area contributed by atoms with Crippen LogP contribution in [0.15, 0.2) is 0 Å². The average molecular weight is 217 g/mol. The number of ether oxygens (including phenoxy) is 1. The maximum absolute atomic E-state index is 11.5. The summed E-state index contributed by atoms with van der Waals surface area (Å²) in [5.74, 6) is -0.173. The van der Waals surface area contributed by atoms with Gasteiger partial charge in [-0.1, -0.05) is 6.92 Å². The van der Waals surface area contributed by atoms with E-state index in [9.17, 15) is 4.79 Å². The molecule has 0 aliphatic rings. The van der Waals surface area contributed by atoms with E-state index in [1.165, 1.54) is 0 Å². The van der Waals surface area contributed by atoms with Crippen LogP contribution in [0.1, 0.15) is 33.6 Å². The molecule has 0 fully saturated rings. The molecular formula is C11H23NO3. The van der Waals surface area contributed by atoms with Crippen molar-refractivity contribution in [2.75, 3.05) is 20.2 Å². The smallest absolute Gasteiger partial charge is 0.323 e. The van der Waals surface area contributed by atoms with Crippen molar-refractivity contribution in [2.45, 2.75) is 45.8 Å². The van der Waals surface area contributed by atoms with E-state index >= 15 is 0 Å². The summed E-state index contributed by atoms with van der Waals surface area (Å²) in [5.41, 5.74) is 0. The Hall–Kier alpha value is -0.610. The average Bonchev–Trinajstić information content (AvgIpc) is 2.16. The molecule has 0 aliphatic carbocycles. The fraction of sp³-hybridized carbons (Fsp3) is 0.909. The molecule has 0 rings (SSSR count).